The summed E-state index contributed by atoms with van der Waals surface area (Å²) in [7, 11) is 0. The number of nitrogens with one attached hydrogen (secondary N) is 1. The Labute approximate surface area is 145 Å². The zero-order valence-corrected chi connectivity index (χ0v) is 14.3. The second-order valence-corrected chi connectivity index (χ2v) is 6.91. The van der Waals surface area contributed by atoms with Crippen LogP contribution in [0.2, 0.25) is 0 Å². The van der Waals surface area contributed by atoms with Gasteiger partial charge >= 0.3 is 5.97 Å². The van der Waals surface area contributed by atoms with Crippen molar-refractivity contribution in [2.45, 2.75) is 38.6 Å². The lowest BCUT2D eigenvalue weighted by Crippen LogP contribution is -2.44. The molecular formula is C20H21NO4. The summed E-state index contributed by atoms with van der Waals surface area (Å²) in [6, 6.07) is 13.9. The predicted molar refractivity (Wildman–Crippen MR) is 96.5 cm³/mol. The van der Waals surface area contributed by atoms with Gasteiger partial charge in [0.05, 0.1) is 6.42 Å². The Balaban J connectivity index is 1.75. The van der Waals surface area contributed by atoms with E-state index in [1.807, 2.05) is 56.3 Å². The van der Waals surface area contributed by atoms with Crippen LogP contribution < -0.4 is 5.32 Å². The van der Waals surface area contributed by atoms with Gasteiger partial charge in [0.1, 0.15) is 11.3 Å². The minimum atomic E-state index is -0.869. The lowest BCUT2D eigenvalue weighted by molar-refractivity contribution is -0.137. The van der Waals surface area contributed by atoms with Gasteiger partial charge in [0, 0.05) is 17.3 Å². The van der Waals surface area contributed by atoms with E-state index in [-0.39, 0.29) is 18.7 Å². The van der Waals surface area contributed by atoms with Crippen LogP contribution >= 0.6 is 0 Å². The molecule has 2 aromatic carbocycles. The number of aliphatic carboxylic acids is 1. The molecule has 0 saturated carbocycles. The number of carboxylic acid groups (broad SMARTS) is 1. The minimum Gasteiger partial charge on any atom is -0.481 e. The molecule has 1 amide bonds. The lowest BCUT2D eigenvalue weighted by atomic mass is 9.98. The molecule has 0 atom stereocenters. The van der Waals surface area contributed by atoms with E-state index < -0.39 is 11.5 Å². The molecule has 0 aliphatic rings. The predicted octanol–water partition coefficient (Wildman–Crippen LogP) is 3.89. The third-order valence-corrected chi connectivity index (χ3v) is 4.25. The van der Waals surface area contributed by atoms with Crippen LogP contribution in [0.3, 0.4) is 0 Å². The molecule has 0 fully saturated rings. The average molecular weight is 339 g/mol. The highest BCUT2D eigenvalue weighted by molar-refractivity contribution is 6.06. The lowest BCUT2D eigenvalue weighted by Gasteiger charge is -2.25. The highest BCUT2D eigenvalue weighted by Crippen LogP contribution is 2.28. The number of furan rings is 1. The summed E-state index contributed by atoms with van der Waals surface area (Å²) in [5.74, 6) is -0.455. The van der Waals surface area contributed by atoms with E-state index in [9.17, 15) is 9.59 Å². The van der Waals surface area contributed by atoms with Crippen LogP contribution in [0.5, 0.6) is 0 Å². The van der Waals surface area contributed by atoms with Gasteiger partial charge in [-0.3, -0.25) is 9.59 Å². The smallest absolute Gasteiger partial charge is 0.303 e. The Kier molecular flexibility index (Phi) is 4.49. The SMILES string of the molecule is CC(C)(CCC(=O)O)NC(=O)Cc1cc2c(ccc3ccccc32)o1. The number of hydrogen-bond acceptors (Lipinski definition) is 3. The maximum atomic E-state index is 12.3. The van der Waals surface area contributed by atoms with Gasteiger partial charge in [0.25, 0.3) is 0 Å². The molecule has 130 valence electrons. The standard InChI is InChI=1S/C20H21NO4/c1-20(2,10-9-19(23)24)21-18(22)12-14-11-16-15-6-4-3-5-13(15)7-8-17(16)25-14/h3-8,11H,9-10,12H2,1-2H3,(H,21,22)(H,23,24). The van der Waals surface area contributed by atoms with Crippen LogP contribution in [0.4, 0.5) is 0 Å². The first-order valence-corrected chi connectivity index (χ1v) is 8.27. The first-order chi connectivity index (χ1) is 11.8. The van der Waals surface area contributed by atoms with E-state index >= 15 is 0 Å². The van der Waals surface area contributed by atoms with Gasteiger partial charge in [-0.2, -0.15) is 0 Å². The molecule has 0 bridgehead atoms. The Bertz CT molecular complexity index is 939. The second kappa shape index (κ2) is 6.59. The molecule has 5 heteroatoms. The van der Waals surface area contributed by atoms with Crippen LogP contribution in [-0.4, -0.2) is 22.5 Å². The van der Waals surface area contributed by atoms with Crippen molar-refractivity contribution in [3.05, 3.63) is 48.2 Å². The Morgan fingerprint density at radius 1 is 1.12 bits per heavy atom. The number of fused-ring (bicyclic) bond motifs is 3. The van der Waals surface area contributed by atoms with E-state index in [1.165, 1.54) is 0 Å². The van der Waals surface area contributed by atoms with Gasteiger partial charge in [-0.15, -0.1) is 0 Å². The van der Waals surface area contributed by atoms with Crippen LogP contribution in [-0.2, 0) is 16.0 Å². The van der Waals surface area contributed by atoms with Crippen molar-refractivity contribution in [1.82, 2.24) is 5.32 Å². The van der Waals surface area contributed by atoms with E-state index in [1.54, 1.807) is 0 Å². The minimum absolute atomic E-state index is 0.0178. The summed E-state index contributed by atoms with van der Waals surface area (Å²) in [6.45, 7) is 3.64. The average Bonchev–Trinajstić information content (AvgIpc) is 2.95. The molecule has 0 radical (unpaired) electrons. The molecule has 3 aromatic rings. The molecule has 0 aliphatic heterocycles. The van der Waals surface area contributed by atoms with Crippen LogP contribution in [0.1, 0.15) is 32.4 Å². The zero-order valence-electron chi connectivity index (χ0n) is 14.3. The van der Waals surface area contributed by atoms with Crippen molar-refractivity contribution in [3.63, 3.8) is 0 Å². The normalized spacial score (nSPS) is 11.8. The molecule has 0 aliphatic carbocycles. The van der Waals surface area contributed by atoms with Crippen molar-refractivity contribution in [2.75, 3.05) is 0 Å². The number of rotatable bonds is 6. The molecule has 0 spiro atoms. The molecule has 0 unspecified atom stereocenters. The third kappa shape index (κ3) is 3.99. The molecule has 0 saturated heterocycles. The quantitative estimate of drug-likeness (QED) is 0.714. The zero-order chi connectivity index (χ0) is 18.0. The number of carbonyl (C=O) groups excluding carboxylic acids is 1. The molecule has 1 heterocycles. The Morgan fingerprint density at radius 3 is 2.64 bits per heavy atom. The number of amides is 1. The molecule has 25 heavy (non-hydrogen) atoms. The van der Waals surface area contributed by atoms with Crippen molar-refractivity contribution in [1.29, 1.82) is 0 Å². The maximum Gasteiger partial charge on any atom is 0.303 e. The van der Waals surface area contributed by atoms with Gasteiger partial charge in [0.2, 0.25) is 5.91 Å². The topological polar surface area (TPSA) is 79.5 Å². The first kappa shape index (κ1) is 17.0. The molecular weight excluding hydrogens is 318 g/mol. The van der Waals surface area contributed by atoms with Gasteiger partial charge in [0.15, 0.2) is 0 Å². The van der Waals surface area contributed by atoms with Gasteiger partial charge in [-0.1, -0.05) is 30.3 Å². The summed E-state index contributed by atoms with van der Waals surface area (Å²) in [5.41, 5.74) is 0.181. The number of carbonyl (C=O) groups is 2. The summed E-state index contributed by atoms with van der Waals surface area (Å²) >= 11 is 0. The molecule has 3 rings (SSSR count). The van der Waals surface area contributed by atoms with Crippen LogP contribution in [0, 0.1) is 0 Å². The molecule has 1 aromatic heterocycles. The first-order valence-electron chi connectivity index (χ1n) is 8.27. The third-order valence-electron chi connectivity index (χ3n) is 4.25. The number of carboxylic acids is 1. The van der Waals surface area contributed by atoms with Crippen molar-refractivity contribution < 1.29 is 19.1 Å². The molecule has 5 nitrogen and oxygen atoms in total. The second-order valence-electron chi connectivity index (χ2n) is 6.91. The summed E-state index contributed by atoms with van der Waals surface area (Å²) in [4.78, 5) is 23.0. The highest BCUT2D eigenvalue weighted by Gasteiger charge is 2.22. The van der Waals surface area contributed by atoms with E-state index in [4.69, 9.17) is 9.52 Å². The molecule has 2 N–H and O–H groups in total. The number of hydrogen-bond donors (Lipinski definition) is 2. The van der Waals surface area contributed by atoms with Crippen LogP contribution in [0.25, 0.3) is 21.7 Å². The van der Waals surface area contributed by atoms with E-state index in [0.29, 0.717) is 12.2 Å². The van der Waals surface area contributed by atoms with Gasteiger partial charge in [-0.05, 0) is 43.2 Å². The van der Waals surface area contributed by atoms with E-state index in [2.05, 4.69) is 5.32 Å². The van der Waals surface area contributed by atoms with E-state index in [0.717, 1.165) is 21.7 Å². The van der Waals surface area contributed by atoms with Gasteiger partial charge in [-0.25, -0.2) is 0 Å². The fraction of sp³-hybridized carbons (Fsp3) is 0.300. The number of benzene rings is 2. The maximum absolute atomic E-state index is 12.3. The monoisotopic (exact) mass is 339 g/mol. The van der Waals surface area contributed by atoms with Crippen molar-refractivity contribution in [3.8, 4) is 0 Å². The van der Waals surface area contributed by atoms with Crippen molar-refractivity contribution >= 4 is 33.6 Å². The fourth-order valence-electron chi connectivity index (χ4n) is 2.99. The summed E-state index contributed by atoms with van der Waals surface area (Å²) in [6.07, 6.45) is 0.516. The van der Waals surface area contributed by atoms with Crippen LogP contribution in [0.15, 0.2) is 46.9 Å². The van der Waals surface area contributed by atoms with Crippen molar-refractivity contribution in [2.24, 2.45) is 0 Å². The Morgan fingerprint density at radius 2 is 1.88 bits per heavy atom. The fourth-order valence-corrected chi connectivity index (χ4v) is 2.99. The summed E-state index contributed by atoms with van der Waals surface area (Å²) in [5, 5.41) is 14.9. The summed E-state index contributed by atoms with van der Waals surface area (Å²) < 4.78 is 5.80. The van der Waals surface area contributed by atoms with Gasteiger partial charge < -0.3 is 14.8 Å². The highest BCUT2D eigenvalue weighted by atomic mass is 16.4. The largest absolute Gasteiger partial charge is 0.481 e. The Hall–Kier alpha value is -2.82.